The molecular weight excluding hydrogens is 360 g/mol. The second kappa shape index (κ2) is 7.26. The predicted octanol–water partition coefficient (Wildman–Crippen LogP) is 3.30. The highest BCUT2D eigenvalue weighted by Crippen LogP contribution is 2.32. The molecular formula is C21H26N2O3S. The Labute approximate surface area is 161 Å². The van der Waals surface area contributed by atoms with E-state index in [0.717, 1.165) is 43.5 Å². The van der Waals surface area contributed by atoms with Gasteiger partial charge in [-0.05, 0) is 56.0 Å². The number of hydrogen-bond acceptors (Lipinski definition) is 4. The maximum atomic E-state index is 12.6. The highest BCUT2D eigenvalue weighted by molar-refractivity contribution is 7.89. The molecule has 144 valence electrons. The van der Waals surface area contributed by atoms with Gasteiger partial charge in [-0.3, -0.25) is 5.32 Å². The van der Waals surface area contributed by atoms with E-state index in [2.05, 4.69) is 18.3 Å². The van der Waals surface area contributed by atoms with Gasteiger partial charge in [0.25, 0.3) is 0 Å². The number of benzene rings is 2. The highest BCUT2D eigenvalue weighted by atomic mass is 32.2. The summed E-state index contributed by atoms with van der Waals surface area (Å²) < 4.78 is 32.9. The molecule has 6 heteroatoms. The van der Waals surface area contributed by atoms with E-state index in [1.54, 1.807) is 16.4 Å². The van der Waals surface area contributed by atoms with E-state index >= 15 is 0 Å². The average molecular weight is 387 g/mol. The maximum Gasteiger partial charge on any atom is 0.243 e. The van der Waals surface area contributed by atoms with Crippen LogP contribution in [0.25, 0.3) is 0 Å². The van der Waals surface area contributed by atoms with E-state index < -0.39 is 10.0 Å². The number of sulfonamides is 1. The van der Waals surface area contributed by atoms with E-state index in [1.807, 2.05) is 30.3 Å². The van der Waals surface area contributed by atoms with E-state index in [1.165, 1.54) is 5.56 Å². The molecule has 2 heterocycles. The molecule has 0 radical (unpaired) electrons. The molecule has 1 N–H and O–H groups in total. The SMILES string of the molecule is CC1(NCCCCN2Cc3ccccc3S2(=O)=O)CCc2ccccc2O1. The van der Waals surface area contributed by atoms with Crippen molar-refractivity contribution in [2.24, 2.45) is 0 Å². The lowest BCUT2D eigenvalue weighted by atomic mass is 9.99. The zero-order valence-corrected chi connectivity index (χ0v) is 16.5. The lowest BCUT2D eigenvalue weighted by Crippen LogP contribution is -2.50. The summed E-state index contributed by atoms with van der Waals surface area (Å²) in [7, 11) is -3.31. The third kappa shape index (κ3) is 3.74. The first-order valence-electron chi connectivity index (χ1n) is 9.58. The summed E-state index contributed by atoms with van der Waals surface area (Å²) >= 11 is 0. The van der Waals surface area contributed by atoms with Crippen molar-refractivity contribution in [3.63, 3.8) is 0 Å². The predicted molar refractivity (Wildman–Crippen MR) is 105 cm³/mol. The summed E-state index contributed by atoms with van der Waals surface area (Å²) in [6, 6.07) is 15.5. The normalized spacial score (nSPS) is 23.4. The van der Waals surface area contributed by atoms with E-state index in [0.29, 0.717) is 18.0 Å². The van der Waals surface area contributed by atoms with E-state index in [4.69, 9.17) is 4.74 Å². The molecule has 1 atom stereocenters. The van der Waals surface area contributed by atoms with Gasteiger partial charge in [0.15, 0.2) is 5.72 Å². The van der Waals surface area contributed by atoms with Crippen LogP contribution in [0.4, 0.5) is 0 Å². The Morgan fingerprint density at radius 3 is 2.63 bits per heavy atom. The molecule has 2 aromatic rings. The number of ether oxygens (including phenoxy) is 1. The standard InChI is InChI=1S/C21H26N2O3S/c1-21(13-12-17-8-2-4-10-19(17)26-21)22-14-6-7-15-23-16-18-9-3-5-11-20(18)27(23,24)25/h2-5,8-11,22H,6-7,12-16H2,1H3. The van der Waals surface area contributed by atoms with Crippen LogP contribution in [0, 0.1) is 0 Å². The molecule has 0 bridgehead atoms. The number of fused-ring (bicyclic) bond motifs is 2. The maximum absolute atomic E-state index is 12.6. The minimum atomic E-state index is -3.31. The number of nitrogens with one attached hydrogen (secondary N) is 1. The van der Waals surface area contributed by atoms with Gasteiger partial charge in [0.05, 0.1) is 4.90 Å². The fourth-order valence-corrected chi connectivity index (χ4v) is 5.54. The van der Waals surface area contributed by atoms with Gasteiger partial charge in [-0.1, -0.05) is 36.4 Å². The molecule has 0 spiro atoms. The quantitative estimate of drug-likeness (QED) is 0.774. The minimum absolute atomic E-state index is 0.357. The molecule has 0 amide bonds. The van der Waals surface area contributed by atoms with Gasteiger partial charge >= 0.3 is 0 Å². The second-order valence-electron chi connectivity index (χ2n) is 7.52. The van der Waals surface area contributed by atoms with Gasteiger partial charge in [-0.15, -0.1) is 0 Å². The van der Waals surface area contributed by atoms with Crippen LogP contribution >= 0.6 is 0 Å². The van der Waals surface area contributed by atoms with Crippen LogP contribution in [0.2, 0.25) is 0 Å². The van der Waals surface area contributed by atoms with Gasteiger partial charge in [-0.2, -0.15) is 4.31 Å². The van der Waals surface area contributed by atoms with Crippen LogP contribution in [-0.2, 0) is 23.0 Å². The number of hydrogen-bond donors (Lipinski definition) is 1. The Hall–Kier alpha value is -1.89. The number of rotatable bonds is 6. The van der Waals surface area contributed by atoms with E-state index in [9.17, 15) is 8.42 Å². The summed E-state index contributed by atoms with van der Waals surface area (Å²) in [5.74, 6) is 0.958. The van der Waals surface area contributed by atoms with Crippen LogP contribution in [0.3, 0.4) is 0 Å². The van der Waals surface area contributed by atoms with Gasteiger partial charge < -0.3 is 4.74 Å². The molecule has 0 aromatic heterocycles. The smallest absolute Gasteiger partial charge is 0.243 e. The van der Waals surface area contributed by atoms with Crippen LogP contribution in [0.5, 0.6) is 5.75 Å². The topological polar surface area (TPSA) is 58.6 Å². The molecule has 2 aliphatic heterocycles. The molecule has 2 aliphatic rings. The van der Waals surface area contributed by atoms with Gasteiger partial charge in [-0.25, -0.2) is 8.42 Å². The average Bonchev–Trinajstić information content (AvgIpc) is 2.92. The number of nitrogens with zero attached hydrogens (tertiary/aromatic N) is 1. The van der Waals surface area contributed by atoms with Gasteiger partial charge in [0, 0.05) is 19.5 Å². The Kier molecular flexibility index (Phi) is 4.97. The Morgan fingerprint density at radius 2 is 1.81 bits per heavy atom. The molecule has 0 saturated carbocycles. The van der Waals surface area contributed by atoms with E-state index in [-0.39, 0.29) is 5.72 Å². The summed E-state index contributed by atoms with van der Waals surface area (Å²) in [6.45, 7) is 3.94. The fraction of sp³-hybridized carbons (Fsp3) is 0.429. The monoisotopic (exact) mass is 386 g/mol. The van der Waals surface area contributed by atoms with Crippen LogP contribution < -0.4 is 10.1 Å². The van der Waals surface area contributed by atoms with Crippen molar-refractivity contribution in [3.05, 3.63) is 59.7 Å². The molecule has 27 heavy (non-hydrogen) atoms. The molecule has 5 nitrogen and oxygen atoms in total. The third-order valence-corrected chi connectivity index (χ3v) is 7.40. The molecule has 0 fully saturated rings. The fourth-order valence-electron chi connectivity index (χ4n) is 3.87. The van der Waals surface area contributed by atoms with Crippen molar-refractivity contribution in [3.8, 4) is 5.75 Å². The summed E-state index contributed by atoms with van der Waals surface area (Å²) in [4.78, 5) is 0.463. The molecule has 2 aromatic carbocycles. The largest absolute Gasteiger partial charge is 0.473 e. The van der Waals surface area contributed by atoms with Crippen molar-refractivity contribution < 1.29 is 13.2 Å². The van der Waals surface area contributed by atoms with Crippen LogP contribution in [0.1, 0.15) is 37.3 Å². The number of para-hydroxylation sites is 1. The van der Waals surface area contributed by atoms with Gasteiger partial charge in [0.2, 0.25) is 10.0 Å². The number of unbranched alkanes of at least 4 members (excludes halogenated alkanes) is 1. The van der Waals surface area contributed by atoms with Crippen LogP contribution in [0.15, 0.2) is 53.4 Å². The van der Waals surface area contributed by atoms with Crippen molar-refractivity contribution in [2.75, 3.05) is 13.1 Å². The minimum Gasteiger partial charge on any atom is -0.473 e. The Morgan fingerprint density at radius 1 is 1.07 bits per heavy atom. The zero-order chi connectivity index (χ0) is 18.9. The second-order valence-corrected chi connectivity index (χ2v) is 9.43. The van der Waals surface area contributed by atoms with Crippen LogP contribution in [-0.4, -0.2) is 31.5 Å². The molecule has 4 rings (SSSR count). The lowest BCUT2D eigenvalue weighted by Gasteiger charge is -2.36. The molecule has 1 unspecified atom stereocenters. The molecule has 0 saturated heterocycles. The van der Waals surface area contributed by atoms with Crippen molar-refractivity contribution in [1.82, 2.24) is 9.62 Å². The first kappa shape index (κ1) is 18.5. The van der Waals surface area contributed by atoms with Crippen molar-refractivity contribution >= 4 is 10.0 Å². The Balaban J connectivity index is 1.25. The third-order valence-electron chi connectivity index (χ3n) is 5.45. The van der Waals surface area contributed by atoms with Crippen molar-refractivity contribution in [1.29, 1.82) is 0 Å². The molecule has 0 aliphatic carbocycles. The first-order chi connectivity index (χ1) is 13.0. The zero-order valence-electron chi connectivity index (χ0n) is 15.6. The summed E-state index contributed by atoms with van der Waals surface area (Å²) in [5.41, 5.74) is 1.80. The first-order valence-corrected chi connectivity index (χ1v) is 11.0. The Bertz CT molecular complexity index is 929. The number of aryl methyl sites for hydroxylation is 1. The van der Waals surface area contributed by atoms with Crippen molar-refractivity contribution in [2.45, 2.75) is 49.8 Å². The highest BCUT2D eigenvalue weighted by Gasteiger charge is 2.34. The summed E-state index contributed by atoms with van der Waals surface area (Å²) in [6.07, 6.45) is 3.67. The summed E-state index contributed by atoms with van der Waals surface area (Å²) in [5, 5.41) is 3.51. The van der Waals surface area contributed by atoms with Gasteiger partial charge in [0.1, 0.15) is 5.75 Å². The lowest BCUT2D eigenvalue weighted by molar-refractivity contribution is 0.0302.